The molecule has 19 heavy (non-hydrogen) atoms. The summed E-state index contributed by atoms with van der Waals surface area (Å²) in [5.41, 5.74) is 0.506. The third kappa shape index (κ3) is 3.08. The largest absolute Gasteiger partial charge is 0.480 e. The third-order valence-electron chi connectivity index (χ3n) is 3.01. The number of carbonyl (C=O) groups is 2. The van der Waals surface area contributed by atoms with Crippen LogP contribution in [0.2, 0.25) is 0 Å². The molecule has 1 aliphatic heterocycles. The molecule has 6 heteroatoms. The Kier molecular flexibility index (Phi) is 4.44. The van der Waals surface area contributed by atoms with Crippen LogP contribution in [0.3, 0.4) is 0 Å². The van der Waals surface area contributed by atoms with Gasteiger partial charge in [0.15, 0.2) is 6.04 Å². The van der Waals surface area contributed by atoms with E-state index < -0.39 is 12.0 Å². The fourth-order valence-corrected chi connectivity index (χ4v) is 2.36. The maximum atomic E-state index is 12.3. The summed E-state index contributed by atoms with van der Waals surface area (Å²) >= 11 is 1.59. The van der Waals surface area contributed by atoms with Crippen molar-refractivity contribution in [2.75, 3.05) is 26.0 Å². The number of hydrogen-bond acceptors (Lipinski definition) is 4. The lowest BCUT2D eigenvalue weighted by Crippen LogP contribution is -2.52. The number of nitrogens with zero attached hydrogens (tertiary/aromatic N) is 1. The summed E-state index contributed by atoms with van der Waals surface area (Å²) < 4.78 is 5.12. The molecule has 1 amide bonds. The van der Waals surface area contributed by atoms with Crippen LogP contribution in [-0.2, 0) is 9.53 Å². The molecule has 0 radical (unpaired) electrons. The quantitative estimate of drug-likeness (QED) is 0.847. The molecular formula is C13H15NO4S. The van der Waals surface area contributed by atoms with Gasteiger partial charge in [0.25, 0.3) is 5.91 Å². The Labute approximate surface area is 115 Å². The zero-order valence-corrected chi connectivity index (χ0v) is 11.4. The van der Waals surface area contributed by atoms with Crippen LogP contribution in [0.25, 0.3) is 0 Å². The molecule has 0 saturated carbocycles. The Morgan fingerprint density at radius 3 is 2.63 bits per heavy atom. The molecule has 1 unspecified atom stereocenters. The predicted octanol–water partition coefficient (Wildman–Crippen LogP) is 1.33. The van der Waals surface area contributed by atoms with Crippen molar-refractivity contribution in [2.45, 2.75) is 10.9 Å². The van der Waals surface area contributed by atoms with Gasteiger partial charge in [-0.15, -0.1) is 11.8 Å². The van der Waals surface area contributed by atoms with Crippen molar-refractivity contribution in [3.8, 4) is 0 Å². The lowest BCUT2D eigenvalue weighted by Gasteiger charge is -2.32. The number of ether oxygens (including phenoxy) is 1. The molecule has 2 rings (SSSR count). The molecule has 1 aromatic rings. The van der Waals surface area contributed by atoms with Crippen molar-refractivity contribution >= 4 is 23.6 Å². The minimum absolute atomic E-state index is 0.0456. The van der Waals surface area contributed by atoms with Gasteiger partial charge in [-0.25, -0.2) is 4.79 Å². The minimum Gasteiger partial charge on any atom is -0.480 e. The highest BCUT2D eigenvalue weighted by Crippen LogP contribution is 2.17. The Morgan fingerprint density at radius 1 is 1.37 bits per heavy atom. The molecule has 1 atom stereocenters. The Bertz CT molecular complexity index is 474. The van der Waals surface area contributed by atoms with Crippen molar-refractivity contribution in [2.24, 2.45) is 0 Å². The van der Waals surface area contributed by atoms with Crippen LogP contribution in [0.5, 0.6) is 0 Å². The normalized spacial score (nSPS) is 19.2. The fraction of sp³-hybridized carbons (Fsp3) is 0.385. The first-order valence-corrected chi connectivity index (χ1v) is 7.11. The standard InChI is InChI=1S/C13H15NO4S/c1-19-10-4-2-9(3-5-10)12(15)14-6-7-18-8-11(14)13(16)17/h2-5,11H,6-8H2,1H3,(H,16,17). The van der Waals surface area contributed by atoms with Gasteiger partial charge in [0.2, 0.25) is 0 Å². The van der Waals surface area contributed by atoms with E-state index in [0.717, 1.165) is 4.90 Å². The zero-order valence-electron chi connectivity index (χ0n) is 10.5. The lowest BCUT2D eigenvalue weighted by atomic mass is 10.1. The van der Waals surface area contributed by atoms with E-state index in [-0.39, 0.29) is 12.5 Å². The summed E-state index contributed by atoms with van der Waals surface area (Å²) in [5.74, 6) is -1.29. The summed E-state index contributed by atoms with van der Waals surface area (Å²) in [5, 5.41) is 9.11. The number of thioether (sulfide) groups is 1. The maximum Gasteiger partial charge on any atom is 0.328 e. The lowest BCUT2D eigenvalue weighted by molar-refractivity contribution is -0.147. The number of rotatable bonds is 3. The van der Waals surface area contributed by atoms with Gasteiger partial charge in [-0.1, -0.05) is 0 Å². The van der Waals surface area contributed by atoms with E-state index in [1.165, 1.54) is 4.90 Å². The molecule has 1 N–H and O–H groups in total. The molecule has 102 valence electrons. The van der Waals surface area contributed by atoms with Gasteiger partial charge >= 0.3 is 5.97 Å². The molecule has 0 aromatic heterocycles. The maximum absolute atomic E-state index is 12.3. The minimum atomic E-state index is -1.03. The van der Waals surface area contributed by atoms with E-state index in [9.17, 15) is 9.59 Å². The number of carbonyl (C=O) groups excluding carboxylic acids is 1. The SMILES string of the molecule is CSc1ccc(C(=O)N2CCOCC2C(=O)O)cc1. The number of morpholine rings is 1. The van der Waals surface area contributed by atoms with Crippen molar-refractivity contribution < 1.29 is 19.4 Å². The molecule has 1 aromatic carbocycles. The van der Waals surface area contributed by atoms with Crippen LogP contribution in [0.1, 0.15) is 10.4 Å². The van der Waals surface area contributed by atoms with E-state index >= 15 is 0 Å². The van der Waals surface area contributed by atoms with E-state index in [1.807, 2.05) is 18.4 Å². The predicted molar refractivity (Wildman–Crippen MR) is 71.5 cm³/mol. The van der Waals surface area contributed by atoms with Crippen molar-refractivity contribution in [3.63, 3.8) is 0 Å². The van der Waals surface area contributed by atoms with Crippen LogP contribution >= 0.6 is 11.8 Å². The van der Waals surface area contributed by atoms with Gasteiger partial charge in [-0.3, -0.25) is 4.79 Å². The monoisotopic (exact) mass is 281 g/mol. The zero-order chi connectivity index (χ0) is 13.8. The van der Waals surface area contributed by atoms with Gasteiger partial charge in [0.05, 0.1) is 13.2 Å². The molecule has 1 fully saturated rings. The Morgan fingerprint density at radius 2 is 2.05 bits per heavy atom. The Hall–Kier alpha value is -1.53. The number of carboxylic acid groups (broad SMARTS) is 1. The number of aliphatic carboxylic acids is 1. The van der Waals surface area contributed by atoms with Gasteiger partial charge in [-0.05, 0) is 30.5 Å². The average molecular weight is 281 g/mol. The van der Waals surface area contributed by atoms with Crippen LogP contribution < -0.4 is 0 Å². The van der Waals surface area contributed by atoms with Crippen molar-refractivity contribution in [1.82, 2.24) is 4.90 Å². The molecule has 5 nitrogen and oxygen atoms in total. The van der Waals surface area contributed by atoms with Gasteiger partial charge in [-0.2, -0.15) is 0 Å². The smallest absolute Gasteiger partial charge is 0.328 e. The highest BCUT2D eigenvalue weighted by atomic mass is 32.2. The third-order valence-corrected chi connectivity index (χ3v) is 3.75. The van der Waals surface area contributed by atoms with Crippen LogP contribution in [-0.4, -0.2) is 53.9 Å². The summed E-state index contributed by atoms with van der Waals surface area (Å²) in [7, 11) is 0. The van der Waals surface area contributed by atoms with Crippen LogP contribution in [0, 0.1) is 0 Å². The highest BCUT2D eigenvalue weighted by molar-refractivity contribution is 7.98. The first kappa shape index (κ1) is 13.9. The average Bonchev–Trinajstić information content (AvgIpc) is 2.46. The van der Waals surface area contributed by atoms with E-state index in [2.05, 4.69) is 0 Å². The Balaban J connectivity index is 2.18. The van der Waals surface area contributed by atoms with Crippen LogP contribution in [0.15, 0.2) is 29.2 Å². The van der Waals surface area contributed by atoms with E-state index in [0.29, 0.717) is 18.7 Å². The second-order valence-electron chi connectivity index (χ2n) is 4.16. The summed E-state index contributed by atoms with van der Waals surface area (Å²) in [6, 6.07) is 6.26. The van der Waals surface area contributed by atoms with Gasteiger partial charge in [0, 0.05) is 17.0 Å². The van der Waals surface area contributed by atoms with Gasteiger partial charge in [0.1, 0.15) is 0 Å². The van der Waals surface area contributed by atoms with Crippen LogP contribution in [0.4, 0.5) is 0 Å². The van der Waals surface area contributed by atoms with E-state index in [1.54, 1.807) is 23.9 Å². The highest BCUT2D eigenvalue weighted by Gasteiger charge is 2.33. The summed E-state index contributed by atoms with van der Waals surface area (Å²) in [4.78, 5) is 25.9. The van der Waals surface area contributed by atoms with Crippen molar-refractivity contribution in [1.29, 1.82) is 0 Å². The van der Waals surface area contributed by atoms with E-state index in [4.69, 9.17) is 9.84 Å². The molecule has 0 bridgehead atoms. The first-order chi connectivity index (χ1) is 9.13. The summed E-state index contributed by atoms with van der Waals surface area (Å²) in [6.45, 7) is 0.725. The number of amides is 1. The summed E-state index contributed by atoms with van der Waals surface area (Å²) in [6.07, 6.45) is 1.96. The molecule has 0 aliphatic carbocycles. The fourth-order valence-electron chi connectivity index (χ4n) is 1.95. The molecule has 1 saturated heterocycles. The molecular weight excluding hydrogens is 266 g/mol. The second-order valence-corrected chi connectivity index (χ2v) is 5.04. The van der Waals surface area contributed by atoms with Crippen molar-refractivity contribution in [3.05, 3.63) is 29.8 Å². The molecule has 1 heterocycles. The number of hydrogen-bond donors (Lipinski definition) is 1. The topological polar surface area (TPSA) is 66.8 Å². The first-order valence-electron chi connectivity index (χ1n) is 5.89. The molecule has 1 aliphatic rings. The number of benzene rings is 1. The second kappa shape index (κ2) is 6.08. The van der Waals surface area contributed by atoms with Gasteiger partial charge < -0.3 is 14.7 Å². The molecule has 0 spiro atoms. The number of carboxylic acids is 1.